The molecule has 0 aromatic carbocycles. The van der Waals surface area contributed by atoms with Crippen LogP contribution in [0, 0.1) is 6.92 Å². The van der Waals surface area contributed by atoms with E-state index >= 15 is 0 Å². The number of aryl methyl sites for hydroxylation is 1. The smallest absolute Gasteiger partial charge is 0.191 e. The zero-order valence-electron chi connectivity index (χ0n) is 14.7. The molecule has 0 aliphatic carbocycles. The Morgan fingerprint density at radius 1 is 1.29 bits per heavy atom. The van der Waals surface area contributed by atoms with Crippen molar-refractivity contribution in [3.63, 3.8) is 0 Å². The Bertz CT molecular complexity index is 637. The molecule has 0 saturated heterocycles. The summed E-state index contributed by atoms with van der Waals surface area (Å²) in [5.41, 5.74) is 3.42. The lowest BCUT2D eigenvalue weighted by Gasteiger charge is -2.11. The van der Waals surface area contributed by atoms with Gasteiger partial charge in [0.05, 0.1) is 12.2 Å². The Morgan fingerprint density at radius 3 is 2.67 bits per heavy atom. The Labute approximate surface area is 165 Å². The van der Waals surface area contributed by atoms with Crippen molar-refractivity contribution in [3.05, 3.63) is 45.7 Å². The van der Waals surface area contributed by atoms with Crippen LogP contribution in [0.2, 0.25) is 0 Å². The third-order valence-electron chi connectivity index (χ3n) is 3.47. The zero-order valence-corrected chi connectivity index (χ0v) is 17.8. The van der Waals surface area contributed by atoms with Crippen LogP contribution < -0.4 is 10.6 Å². The second-order valence-electron chi connectivity index (χ2n) is 5.73. The largest absolute Gasteiger partial charge is 0.356 e. The van der Waals surface area contributed by atoms with Gasteiger partial charge in [-0.3, -0.25) is 9.98 Å². The Kier molecular flexibility index (Phi) is 9.20. The average Bonchev–Trinajstić information content (AvgIpc) is 3.01. The van der Waals surface area contributed by atoms with Gasteiger partial charge in [0.1, 0.15) is 5.01 Å². The second-order valence-corrected chi connectivity index (χ2v) is 6.67. The summed E-state index contributed by atoms with van der Waals surface area (Å²) in [5.74, 6) is 1.27. The molecule has 0 atom stereocenters. The highest BCUT2D eigenvalue weighted by Crippen LogP contribution is 2.17. The molecule has 0 unspecified atom stereocenters. The van der Waals surface area contributed by atoms with E-state index in [1.165, 1.54) is 5.56 Å². The number of hydrogen-bond acceptors (Lipinski definition) is 4. The Balaban J connectivity index is 0.00000288. The SMILES string of the molecule is CN=C(NCCc1ccc(C)nc1)NCc1nc(C(C)C)cs1.I. The summed E-state index contributed by atoms with van der Waals surface area (Å²) in [7, 11) is 1.78. The standard InChI is InChI=1S/C17H25N5S.HI/c1-12(2)15-11-23-16(22-15)10-21-17(18-4)19-8-7-14-6-5-13(3)20-9-14;/h5-6,9,11-12H,7-8,10H2,1-4H3,(H2,18,19,21);1H. The topological polar surface area (TPSA) is 62.2 Å². The molecule has 2 aromatic rings. The van der Waals surface area contributed by atoms with E-state index in [1.807, 2.05) is 19.2 Å². The van der Waals surface area contributed by atoms with Crippen molar-refractivity contribution in [3.8, 4) is 0 Å². The van der Waals surface area contributed by atoms with Crippen LogP contribution in [0.25, 0.3) is 0 Å². The minimum absolute atomic E-state index is 0. The molecule has 7 heteroatoms. The Morgan fingerprint density at radius 2 is 2.08 bits per heavy atom. The fourth-order valence-corrected chi connectivity index (χ4v) is 2.92. The molecule has 0 fully saturated rings. The molecular formula is C17H26IN5S. The van der Waals surface area contributed by atoms with E-state index in [9.17, 15) is 0 Å². The normalized spacial score (nSPS) is 11.3. The van der Waals surface area contributed by atoms with Crippen LogP contribution in [0.1, 0.15) is 41.7 Å². The molecule has 2 aromatic heterocycles. The van der Waals surface area contributed by atoms with Gasteiger partial charge in [-0.05, 0) is 30.9 Å². The van der Waals surface area contributed by atoms with Crippen LogP contribution in [-0.4, -0.2) is 29.5 Å². The molecule has 0 amide bonds. The first kappa shape index (κ1) is 20.8. The molecule has 0 bridgehead atoms. The van der Waals surface area contributed by atoms with Crippen LogP contribution in [0.5, 0.6) is 0 Å². The van der Waals surface area contributed by atoms with E-state index in [2.05, 4.69) is 50.9 Å². The average molecular weight is 459 g/mol. The van der Waals surface area contributed by atoms with Crippen LogP contribution in [0.4, 0.5) is 0 Å². The van der Waals surface area contributed by atoms with Gasteiger partial charge in [0.2, 0.25) is 0 Å². The number of hydrogen-bond donors (Lipinski definition) is 2. The van der Waals surface area contributed by atoms with Gasteiger partial charge in [-0.15, -0.1) is 35.3 Å². The van der Waals surface area contributed by atoms with Crippen LogP contribution >= 0.6 is 35.3 Å². The summed E-state index contributed by atoms with van der Waals surface area (Å²) < 4.78 is 0. The van der Waals surface area contributed by atoms with Crippen molar-refractivity contribution >= 4 is 41.3 Å². The van der Waals surface area contributed by atoms with Gasteiger partial charge in [0, 0.05) is 30.9 Å². The third-order valence-corrected chi connectivity index (χ3v) is 4.34. The maximum atomic E-state index is 4.62. The molecule has 0 saturated carbocycles. The first-order chi connectivity index (χ1) is 11.1. The van der Waals surface area contributed by atoms with Crippen molar-refractivity contribution in [2.45, 2.75) is 39.7 Å². The van der Waals surface area contributed by atoms with Gasteiger partial charge in [-0.2, -0.15) is 0 Å². The molecule has 2 N–H and O–H groups in total. The highest BCUT2D eigenvalue weighted by atomic mass is 127. The van der Waals surface area contributed by atoms with Gasteiger partial charge in [-0.25, -0.2) is 4.98 Å². The number of aromatic nitrogens is 2. The number of pyridine rings is 1. The van der Waals surface area contributed by atoms with Crippen LogP contribution in [0.3, 0.4) is 0 Å². The summed E-state index contributed by atoms with van der Waals surface area (Å²) in [6.07, 6.45) is 2.85. The van der Waals surface area contributed by atoms with E-state index in [4.69, 9.17) is 0 Å². The fourth-order valence-electron chi connectivity index (χ4n) is 2.02. The van der Waals surface area contributed by atoms with Crippen LogP contribution in [-0.2, 0) is 13.0 Å². The molecule has 5 nitrogen and oxygen atoms in total. The highest BCUT2D eigenvalue weighted by Gasteiger charge is 2.06. The van der Waals surface area contributed by atoms with E-state index in [-0.39, 0.29) is 24.0 Å². The quantitative estimate of drug-likeness (QED) is 0.395. The third kappa shape index (κ3) is 6.72. The lowest BCUT2D eigenvalue weighted by atomic mass is 10.2. The number of rotatable bonds is 6. The lowest BCUT2D eigenvalue weighted by Crippen LogP contribution is -2.37. The summed E-state index contributed by atoms with van der Waals surface area (Å²) in [5, 5.41) is 9.83. The molecular weight excluding hydrogens is 433 g/mol. The number of guanidine groups is 1. The van der Waals surface area contributed by atoms with Gasteiger partial charge >= 0.3 is 0 Å². The number of thiazole rings is 1. The van der Waals surface area contributed by atoms with E-state index in [1.54, 1.807) is 18.4 Å². The van der Waals surface area contributed by atoms with Gasteiger partial charge < -0.3 is 10.6 Å². The summed E-state index contributed by atoms with van der Waals surface area (Å²) >= 11 is 1.69. The molecule has 132 valence electrons. The molecule has 2 rings (SSSR count). The fraction of sp³-hybridized carbons (Fsp3) is 0.471. The first-order valence-electron chi connectivity index (χ1n) is 7.89. The maximum absolute atomic E-state index is 4.62. The predicted octanol–water partition coefficient (Wildman–Crippen LogP) is 3.50. The lowest BCUT2D eigenvalue weighted by molar-refractivity contribution is 0.777. The van der Waals surface area contributed by atoms with Crippen molar-refractivity contribution in [1.29, 1.82) is 0 Å². The molecule has 24 heavy (non-hydrogen) atoms. The summed E-state index contributed by atoms with van der Waals surface area (Å²) in [6, 6.07) is 4.15. The predicted molar refractivity (Wildman–Crippen MR) is 112 cm³/mol. The first-order valence-corrected chi connectivity index (χ1v) is 8.76. The number of nitrogens with zero attached hydrogens (tertiary/aromatic N) is 3. The molecule has 0 aliphatic rings. The molecule has 2 heterocycles. The van der Waals surface area contributed by atoms with E-state index < -0.39 is 0 Å². The molecule has 0 spiro atoms. The van der Waals surface area contributed by atoms with Gasteiger partial charge in [-0.1, -0.05) is 19.9 Å². The minimum Gasteiger partial charge on any atom is -0.356 e. The van der Waals surface area contributed by atoms with E-state index in [0.29, 0.717) is 12.5 Å². The van der Waals surface area contributed by atoms with E-state index in [0.717, 1.165) is 35.3 Å². The molecule has 0 aliphatic heterocycles. The molecule has 0 radical (unpaired) electrons. The zero-order chi connectivity index (χ0) is 16.7. The monoisotopic (exact) mass is 459 g/mol. The van der Waals surface area contributed by atoms with Crippen molar-refractivity contribution in [1.82, 2.24) is 20.6 Å². The van der Waals surface area contributed by atoms with Crippen LogP contribution in [0.15, 0.2) is 28.7 Å². The number of nitrogens with one attached hydrogen (secondary N) is 2. The summed E-state index contributed by atoms with van der Waals surface area (Å²) in [4.78, 5) is 13.2. The highest BCUT2D eigenvalue weighted by molar-refractivity contribution is 14.0. The van der Waals surface area contributed by atoms with Crippen molar-refractivity contribution in [2.24, 2.45) is 4.99 Å². The maximum Gasteiger partial charge on any atom is 0.191 e. The van der Waals surface area contributed by atoms with Crippen molar-refractivity contribution in [2.75, 3.05) is 13.6 Å². The minimum atomic E-state index is 0. The summed E-state index contributed by atoms with van der Waals surface area (Å²) in [6.45, 7) is 7.83. The van der Waals surface area contributed by atoms with Gasteiger partial charge in [0.15, 0.2) is 5.96 Å². The second kappa shape index (κ2) is 10.6. The van der Waals surface area contributed by atoms with Crippen molar-refractivity contribution < 1.29 is 0 Å². The number of aliphatic imine (C=N–C) groups is 1. The number of halogens is 1. The van der Waals surface area contributed by atoms with Gasteiger partial charge in [0.25, 0.3) is 0 Å². The Hall–Kier alpha value is -1.22.